The van der Waals surface area contributed by atoms with Crippen molar-refractivity contribution in [2.24, 2.45) is 14.1 Å². The van der Waals surface area contributed by atoms with Crippen LogP contribution in [0.1, 0.15) is 29.4 Å². The zero-order valence-electron chi connectivity index (χ0n) is 11.7. The van der Waals surface area contributed by atoms with Crippen molar-refractivity contribution in [3.8, 4) is 6.07 Å². The van der Waals surface area contributed by atoms with Crippen LogP contribution in [0, 0.1) is 18.3 Å². The summed E-state index contributed by atoms with van der Waals surface area (Å²) in [6.45, 7) is 4.57. The lowest BCUT2D eigenvalue weighted by Gasteiger charge is -2.06. The van der Waals surface area contributed by atoms with Crippen LogP contribution in [-0.2, 0) is 27.1 Å². The maximum absolute atomic E-state index is 9.15. The summed E-state index contributed by atoms with van der Waals surface area (Å²) in [6, 6.07) is 2.19. The number of hydrogen-bond acceptors (Lipinski definition) is 4. The quantitative estimate of drug-likeness (QED) is 0.902. The molecule has 2 rings (SSSR count). The van der Waals surface area contributed by atoms with Crippen molar-refractivity contribution in [1.82, 2.24) is 19.6 Å². The lowest BCUT2D eigenvalue weighted by atomic mass is 10.2. The van der Waals surface area contributed by atoms with E-state index in [-0.39, 0.29) is 0 Å². The molecule has 0 aromatic carbocycles. The van der Waals surface area contributed by atoms with Gasteiger partial charge in [0.25, 0.3) is 0 Å². The molecule has 1 N–H and O–H groups in total. The Bertz CT molecular complexity index is 628. The average Bonchev–Trinajstić information content (AvgIpc) is 2.86. The highest BCUT2D eigenvalue weighted by Crippen LogP contribution is 2.19. The molecule has 0 atom stereocenters. The van der Waals surface area contributed by atoms with E-state index < -0.39 is 0 Å². The van der Waals surface area contributed by atoms with Crippen LogP contribution in [0.5, 0.6) is 0 Å². The van der Waals surface area contributed by atoms with E-state index >= 15 is 0 Å². The van der Waals surface area contributed by atoms with Crippen LogP contribution >= 0.6 is 0 Å². The second kappa shape index (κ2) is 5.14. The summed E-state index contributed by atoms with van der Waals surface area (Å²) < 4.78 is 3.52. The number of nitrogens with zero attached hydrogens (tertiary/aromatic N) is 5. The number of aromatic nitrogens is 4. The maximum Gasteiger partial charge on any atom is 0.142 e. The predicted octanol–water partition coefficient (Wildman–Crippen LogP) is 1.51. The number of aryl methyl sites for hydroxylation is 4. The Hall–Kier alpha value is -2.29. The van der Waals surface area contributed by atoms with Crippen molar-refractivity contribution in [3.05, 3.63) is 28.7 Å². The van der Waals surface area contributed by atoms with Gasteiger partial charge in [-0.05, 0) is 13.3 Å². The van der Waals surface area contributed by atoms with Gasteiger partial charge in [-0.2, -0.15) is 15.5 Å². The average molecular weight is 258 g/mol. The van der Waals surface area contributed by atoms with Crippen LogP contribution in [0.3, 0.4) is 0 Å². The standard InChI is InChI=1S/C13H18N6/c1-5-12-10(8-18(3)17-12)7-15-13-11(6-14)9(2)16-19(13)4/h8,15H,5,7H2,1-4H3. The van der Waals surface area contributed by atoms with Gasteiger partial charge >= 0.3 is 0 Å². The Morgan fingerprint density at radius 3 is 2.74 bits per heavy atom. The van der Waals surface area contributed by atoms with Gasteiger partial charge in [-0.3, -0.25) is 9.36 Å². The fourth-order valence-electron chi connectivity index (χ4n) is 2.20. The molecule has 0 saturated carbocycles. The first-order valence-corrected chi connectivity index (χ1v) is 6.25. The summed E-state index contributed by atoms with van der Waals surface area (Å²) in [5, 5.41) is 21.1. The number of nitriles is 1. The normalized spacial score (nSPS) is 10.5. The maximum atomic E-state index is 9.15. The molecule has 0 saturated heterocycles. The molecule has 2 heterocycles. The van der Waals surface area contributed by atoms with Gasteiger partial charge in [-0.1, -0.05) is 6.92 Å². The molecule has 19 heavy (non-hydrogen) atoms. The summed E-state index contributed by atoms with van der Waals surface area (Å²) in [4.78, 5) is 0. The molecule has 0 aliphatic heterocycles. The van der Waals surface area contributed by atoms with Gasteiger partial charge in [0.2, 0.25) is 0 Å². The van der Waals surface area contributed by atoms with E-state index in [1.165, 1.54) is 0 Å². The smallest absolute Gasteiger partial charge is 0.142 e. The molecular formula is C13H18N6. The Balaban J connectivity index is 2.21. The first-order valence-electron chi connectivity index (χ1n) is 6.25. The molecule has 0 radical (unpaired) electrons. The third-order valence-electron chi connectivity index (χ3n) is 3.11. The van der Waals surface area contributed by atoms with Gasteiger partial charge in [0.1, 0.15) is 17.5 Å². The van der Waals surface area contributed by atoms with Crippen molar-refractivity contribution in [1.29, 1.82) is 5.26 Å². The topological polar surface area (TPSA) is 71.5 Å². The summed E-state index contributed by atoms with van der Waals surface area (Å²) in [7, 11) is 3.75. The molecule has 6 nitrogen and oxygen atoms in total. The van der Waals surface area contributed by atoms with Gasteiger partial charge in [0.05, 0.1) is 11.4 Å². The third kappa shape index (κ3) is 2.45. The summed E-state index contributed by atoms with van der Waals surface area (Å²) in [6.07, 6.45) is 2.90. The second-order valence-electron chi connectivity index (χ2n) is 4.53. The molecular weight excluding hydrogens is 240 g/mol. The fraction of sp³-hybridized carbons (Fsp3) is 0.462. The molecule has 0 aliphatic carbocycles. The van der Waals surface area contributed by atoms with Crippen molar-refractivity contribution in [2.45, 2.75) is 26.8 Å². The van der Waals surface area contributed by atoms with Gasteiger partial charge in [-0.15, -0.1) is 0 Å². The molecule has 0 spiro atoms. The van der Waals surface area contributed by atoms with Crippen molar-refractivity contribution in [3.63, 3.8) is 0 Å². The lowest BCUT2D eigenvalue weighted by molar-refractivity contribution is 0.746. The van der Waals surface area contributed by atoms with Gasteiger partial charge in [-0.25, -0.2) is 0 Å². The SMILES string of the molecule is CCc1nn(C)cc1CNc1c(C#N)c(C)nn1C. The van der Waals surface area contributed by atoms with Crippen LogP contribution in [0.25, 0.3) is 0 Å². The van der Waals surface area contributed by atoms with Crippen LogP contribution in [0.2, 0.25) is 0 Å². The van der Waals surface area contributed by atoms with Crippen molar-refractivity contribution in [2.75, 3.05) is 5.32 Å². The largest absolute Gasteiger partial charge is 0.365 e. The lowest BCUT2D eigenvalue weighted by Crippen LogP contribution is -2.06. The highest BCUT2D eigenvalue weighted by molar-refractivity contribution is 5.55. The van der Waals surface area contributed by atoms with Crippen LogP contribution < -0.4 is 5.32 Å². The Kier molecular flexibility index (Phi) is 3.56. The molecule has 0 unspecified atom stereocenters. The summed E-state index contributed by atoms with van der Waals surface area (Å²) in [5.41, 5.74) is 3.57. The van der Waals surface area contributed by atoms with Crippen LogP contribution in [-0.4, -0.2) is 19.6 Å². The van der Waals surface area contributed by atoms with E-state index in [9.17, 15) is 0 Å². The second-order valence-corrected chi connectivity index (χ2v) is 4.53. The molecule has 6 heteroatoms. The van der Waals surface area contributed by atoms with Gasteiger partial charge in [0, 0.05) is 32.4 Å². The molecule has 0 bridgehead atoms. The zero-order chi connectivity index (χ0) is 14.0. The number of hydrogen-bond donors (Lipinski definition) is 1. The van der Waals surface area contributed by atoms with Gasteiger partial charge in [0.15, 0.2) is 0 Å². The minimum atomic E-state index is 0.601. The van der Waals surface area contributed by atoms with E-state index in [0.717, 1.165) is 29.2 Å². The number of anilines is 1. The summed E-state index contributed by atoms with van der Waals surface area (Å²) >= 11 is 0. The molecule has 0 amide bonds. The summed E-state index contributed by atoms with van der Waals surface area (Å²) in [5.74, 6) is 0.755. The molecule has 0 aliphatic rings. The molecule has 0 fully saturated rings. The van der Waals surface area contributed by atoms with Crippen LogP contribution in [0.4, 0.5) is 5.82 Å². The van der Waals surface area contributed by atoms with Gasteiger partial charge < -0.3 is 5.32 Å². The monoisotopic (exact) mass is 258 g/mol. The van der Waals surface area contributed by atoms with Crippen molar-refractivity contribution >= 4 is 5.82 Å². The highest BCUT2D eigenvalue weighted by atomic mass is 15.3. The van der Waals surface area contributed by atoms with E-state index in [0.29, 0.717) is 12.1 Å². The minimum Gasteiger partial charge on any atom is -0.365 e. The fourth-order valence-corrected chi connectivity index (χ4v) is 2.20. The first kappa shape index (κ1) is 13.1. The number of nitrogens with one attached hydrogen (secondary N) is 1. The van der Waals surface area contributed by atoms with Crippen molar-refractivity contribution < 1.29 is 0 Å². The minimum absolute atomic E-state index is 0.601. The molecule has 2 aromatic heterocycles. The predicted molar refractivity (Wildman–Crippen MR) is 72.6 cm³/mol. The Labute approximate surface area is 112 Å². The van der Waals surface area contributed by atoms with E-state index in [1.807, 2.05) is 31.9 Å². The molecule has 100 valence electrons. The Morgan fingerprint density at radius 1 is 1.37 bits per heavy atom. The third-order valence-corrected chi connectivity index (χ3v) is 3.11. The number of rotatable bonds is 4. The molecule has 2 aromatic rings. The zero-order valence-corrected chi connectivity index (χ0v) is 11.7. The van der Waals surface area contributed by atoms with Crippen LogP contribution in [0.15, 0.2) is 6.20 Å². The van der Waals surface area contributed by atoms with E-state index in [4.69, 9.17) is 5.26 Å². The van der Waals surface area contributed by atoms with E-state index in [2.05, 4.69) is 28.5 Å². The highest BCUT2D eigenvalue weighted by Gasteiger charge is 2.13. The Morgan fingerprint density at radius 2 is 2.11 bits per heavy atom. The first-order chi connectivity index (χ1) is 9.06. The van der Waals surface area contributed by atoms with E-state index in [1.54, 1.807) is 4.68 Å².